The minimum absolute atomic E-state index is 0.243. The SMILES string of the molecule is O=COC=C(CCc1ccc(Br)cc1F)c1ccccc1. The van der Waals surface area contributed by atoms with Crippen molar-refractivity contribution >= 4 is 28.0 Å². The maximum Gasteiger partial charge on any atom is 0.297 e. The lowest BCUT2D eigenvalue weighted by Crippen LogP contribution is -1.94. The summed E-state index contributed by atoms with van der Waals surface area (Å²) in [5.41, 5.74) is 2.44. The fourth-order valence-corrected chi connectivity index (χ4v) is 2.36. The van der Waals surface area contributed by atoms with Gasteiger partial charge in [0.2, 0.25) is 0 Å². The van der Waals surface area contributed by atoms with Crippen molar-refractivity contribution in [3.05, 3.63) is 76.2 Å². The second-order valence-corrected chi connectivity index (χ2v) is 5.39. The van der Waals surface area contributed by atoms with Gasteiger partial charge in [-0.25, -0.2) is 4.39 Å². The van der Waals surface area contributed by atoms with Crippen molar-refractivity contribution < 1.29 is 13.9 Å². The van der Waals surface area contributed by atoms with Crippen molar-refractivity contribution in [3.8, 4) is 0 Å². The number of carbonyl (C=O) groups is 1. The Hall–Kier alpha value is -1.94. The monoisotopic (exact) mass is 348 g/mol. The van der Waals surface area contributed by atoms with E-state index >= 15 is 0 Å². The molecule has 21 heavy (non-hydrogen) atoms. The molecule has 0 bridgehead atoms. The molecule has 0 amide bonds. The quantitative estimate of drug-likeness (QED) is 0.556. The highest BCUT2D eigenvalue weighted by Gasteiger charge is 2.07. The molecule has 2 aromatic rings. The predicted octanol–water partition coefficient (Wildman–Crippen LogP) is 4.73. The molecule has 2 rings (SSSR count). The molecule has 0 unspecified atom stereocenters. The van der Waals surface area contributed by atoms with Crippen LogP contribution in [0, 0.1) is 5.82 Å². The molecule has 0 spiro atoms. The van der Waals surface area contributed by atoms with Crippen LogP contribution in [0.5, 0.6) is 0 Å². The van der Waals surface area contributed by atoms with Crippen molar-refractivity contribution in [1.82, 2.24) is 0 Å². The normalized spacial score (nSPS) is 11.2. The van der Waals surface area contributed by atoms with Crippen LogP contribution in [0.25, 0.3) is 5.57 Å². The number of allylic oxidation sites excluding steroid dienone is 1. The summed E-state index contributed by atoms with van der Waals surface area (Å²) >= 11 is 3.24. The fourth-order valence-electron chi connectivity index (χ4n) is 2.03. The smallest absolute Gasteiger partial charge is 0.297 e. The molecule has 0 radical (unpaired) electrons. The first-order chi connectivity index (χ1) is 10.2. The second-order valence-electron chi connectivity index (χ2n) is 4.48. The van der Waals surface area contributed by atoms with Gasteiger partial charge in [0.25, 0.3) is 6.47 Å². The highest BCUT2D eigenvalue weighted by molar-refractivity contribution is 9.10. The third-order valence-corrected chi connectivity index (χ3v) is 3.58. The first-order valence-electron chi connectivity index (χ1n) is 6.48. The maximum absolute atomic E-state index is 13.8. The Labute approximate surface area is 131 Å². The van der Waals surface area contributed by atoms with Gasteiger partial charge in [-0.1, -0.05) is 52.3 Å². The Kier molecular flexibility index (Phi) is 5.69. The average molecular weight is 349 g/mol. The predicted molar refractivity (Wildman–Crippen MR) is 84.0 cm³/mol. The van der Waals surface area contributed by atoms with Crippen LogP contribution < -0.4 is 0 Å². The number of carbonyl (C=O) groups excluding carboxylic acids is 1. The molecule has 0 heterocycles. The molecule has 0 aliphatic rings. The van der Waals surface area contributed by atoms with E-state index in [1.54, 1.807) is 6.07 Å². The second kappa shape index (κ2) is 7.74. The van der Waals surface area contributed by atoms with E-state index in [0.717, 1.165) is 11.1 Å². The zero-order chi connectivity index (χ0) is 15.1. The Morgan fingerprint density at radius 2 is 1.95 bits per heavy atom. The summed E-state index contributed by atoms with van der Waals surface area (Å²) in [6.45, 7) is 0.378. The van der Waals surface area contributed by atoms with Gasteiger partial charge in [-0.2, -0.15) is 0 Å². The van der Waals surface area contributed by atoms with Crippen LogP contribution >= 0.6 is 15.9 Å². The summed E-state index contributed by atoms with van der Waals surface area (Å²) in [5.74, 6) is -0.243. The first-order valence-corrected chi connectivity index (χ1v) is 7.27. The Morgan fingerprint density at radius 3 is 2.62 bits per heavy atom. The maximum atomic E-state index is 13.8. The Balaban J connectivity index is 2.14. The minimum atomic E-state index is -0.243. The van der Waals surface area contributed by atoms with Crippen molar-refractivity contribution in [2.45, 2.75) is 12.8 Å². The van der Waals surface area contributed by atoms with E-state index in [9.17, 15) is 9.18 Å². The van der Waals surface area contributed by atoms with Crippen molar-refractivity contribution in [1.29, 1.82) is 0 Å². The summed E-state index contributed by atoms with van der Waals surface area (Å²) in [6.07, 6.45) is 2.53. The van der Waals surface area contributed by atoms with Gasteiger partial charge in [-0.15, -0.1) is 0 Å². The first kappa shape index (κ1) is 15.4. The van der Waals surface area contributed by atoms with E-state index in [-0.39, 0.29) is 5.82 Å². The summed E-state index contributed by atoms with van der Waals surface area (Å²) in [7, 11) is 0. The van der Waals surface area contributed by atoms with Crippen LogP contribution in [0.2, 0.25) is 0 Å². The Bertz CT molecular complexity index is 638. The molecule has 0 atom stereocenters. The van der Waals surface area contributed by atoms with Crippen LogP contribution in [0.15, 0.2) is 59.3 Å². The van der Waals surface area contributed by atoms with Crippen molar-refractivity contribution in [2.24, 2.45) is 0 Å². The van der Waals surface area contributed by atoms with Gasteiger partial charge in [-0.3, -0.25) is 4.79 Å². The van der Waals surface area contributed by atoms with E-state index < -0.39 is 0 Å². The van der Waals surface area contributed by atoms with Crippen LogP contribution in [-0.4, -0.2) is 6.47 Å². The van der Waals surface area contributed by atoms with Gasteiger partial charge >= 0.3 is 0 Å². The highest BCUT2D eigenvalue weighted by atomic mass is 79.9. The molecule has 2 aromatic carbocycles. The number of halogens is 2. The van der Waals surface area contributed by atoms with Gasteiger partial charge in [0.1, 0.15) is 5.82 Å². The molecule has 2 nitrogen and oxygen atoms in total. The average Bonchev–Trinajstić information content (AvgIpc) is 2.50. The third-order valence-electron chi connectivity index (χ3n) is 3.09. The van der Waals surface area contributed by atoms with Crippen LogP contribution in [-0.2, 0) is 16.0 Å². The summed E-state index contributed by atoms with van der Waals surface area (Å²) in [5, 5.41) is 0. The van der Waals surface area contributed by atoms with E-state index in [1.165, 1.54) is 12.3 Å². The highest BCUT2D eigenvalue weighted by Crippen LogP contribution is 2.23. The molecule has 0 fully saturated rings. The lowest BCUT2D eigenvalue weighted by Gasteiger charge is -2.08. The number of hydrogen-bond acceptors (Lipinski definition) is 2. The van der Waals surface area contributed by atoms with Gasteiger partial charge in [0.15, 0.2) is 0 Å². The minimum Gasteiger partial charge on any atom is -0.436 e. The molecular weight excluding hydrogens is 335 g/mol. The number of benzene rings is 2. The van der Waals surface area contributed by atoms with Crippen molar-refractivity contribution in [3.63, 3.8) is 0 Å². The van der Waals surface area contributed by atoms with Gasteiger partial charge in [0.05, 0.1) is 6.26 Å². The summed E-state index contributed by atoms with van der Waals surface area (Å²) in [6, 6.07) is 14.6. The summed E-state index contributed by atoms with van der Waals surface area (Å²) in [4.78, 5) is 10.4. The molecule has 0 saturated heterocycles. The molecule has 0 aromatic heterocycles. The lowest BCUT2D eigenvalue weighted by atomic mass is 9.99. The van der Waals surface area contributed by atoms with Gasteiger partial charge < -0.3 is 4.74 Å². The molecular formula is C17H14BrFO2. The number of rotatable bonds is 6. The molecule has 0 aliphatic heterocycles. The van der Waals surface area contributed by atoms with Crippen LogP contribution in [0.4, 0.5) is 4.39 Å². The zero-order valence-corrected chi connectivity index (χ0v) is 12.8. The number of hydrogen-bond donors (Lipinski definition) is 0. The zero-order valence-electron chi connectivity index (χ0n) is 11.3. The van der Waals surface area contributed by atoms with Gasteiger partial charge in [-0.05, 0) is 41.7 Å². The van der Waals surface area contributed by atoms with Crippen molar-refractivity contribution in [2.75, 3.05) is 0 Å². The largest absolute Gasteiger partial charge is 0.436 e. The lowest BCUT2D eigenvalue weighted by molar-refractivity contribution is -0.123. The topological polar surface area (TPSA) is 26.3 Å². The number of aryl methyl sites for hydroxylation is 1. The van der Waals surface area contributed by atoms with Gasteiger partial charge in [0, 0.05) is 4.47 Å². The molecule has 108 valence electrons. The van der Waals surface area contributed by atoms with E-state index in [4.69, 9.17) is 4.74 Å². The van der Waals surface area contributed by atoms with E-state index in [1.807, 2.05) is 36.4 Å². The standard InChI is InChI=1S/C17H14BrFO2/c18-16-9-8-14(17(19)10-16)6-7-15(11-21-12-20)13-4-2-1-3-5-13/h1-5,8-12H,6-7H2. The fraction of sp³-hybridized carbons (Fsp3) is 0.118. The Morgan fingerprint density at radius 1 is 1.19 bits per heavy atom. The van der Waals surface area contributed by atoms with Crippen LogP contribution in [0.3, 0.4) is 0 Å². The third kappa shape index (κ3) is 4.53. The van der Waals surface area contributed by atoms with E-state index in [2.05, 4.69) is 15.9 Å². The molecule has 0 saturated carbocycles. The van der Waals surface area contributed by atoms with Crippen LogP contribution in [0.1, 0.15) is 17.5 Å². The molecule has 0 N–H and O–H groups in total. The molecule has 0 aliphatic carbocycles. The van der Waals surface area contributed by atoms with E-state index in [0.29, 0.717) is 29.4 Å². The molecule has 4 heteroatoms. The number of ether oxygens (including phenoxy) is 1. The summed E-state index contributed by atoms with van der Waals surface area (Å²) < 4.78 is 19.3.